The van der Waals surface area contributed by atoms with Gasteiger partial charge in [0.2, 0.25) is 11.8 Å². The van der Waals surface area contributed by atoms with Crippen LogP contribution in [0.2, 0.25) is 0 Å². The first-order valence-corrected chi connectivity index (χ1v) is 6.86. The second-order valence-electron chi connectivity index (χ2n) is 5.14. The van der Waals surface area contributed by atoms with Crippen molar-refractivity contribution in [3.05, 3.63) is 29.8 Å². The molecule has 1 atom stereocenters. The van der Waals surface area contributed by atoms with Crippen molar-refractivity contribution < 1.29 is 19.5 Å². The fraction of sp³-hybridized carbons (Fsp3) is 0.400. The van der Waals surface area contributed by atoms with E-state index in [2.05, 4.69) is 5.32 Å². The highest BCUT2D eigenvalue weighted by Gasteiger charge is 2.33. The summed E-state index contributed by atoms with van der Waals surface area (Å²) < 4.78 is 0. The number of nitrogens with one attached hydrogen (secondary N) is 1. The Hall–Kier alpha value is -2.37. The molecular formula is C15H18N2O4. The van der Waals surface area contributed by atoms with Crippen molar-refractivity contribution >= 4 is 23.5 Å². The van der Waals surface area contributed by atoms with E-state index in [4.69, 9.17) is 5.11 Å². The van der Waals surface area contributed by atoms with Crippen LogP contribution < -0.4 is 5.32 Å². The molecule has 6 heteroatoms. The third-order valence-electron chi connectivity index (χ3n) is 3.49. The van der Waals surface area contributed by atoms with Crippen LogP contribution >= 0.6 is 0 Å². The molecule has 21 heavy (non-hydrogen) atoms. The monoisotopic (exact) mass is 290 g/mol. The van der Waals surface area contributed by atoms with Crippen LogP contribution in [-0.2, 0) is 20.8 Å². The number of nitrogens with zero attached hydrogens (tertiary/aromatic N) is 1. The van der Waals surface area contributed by atoms with E-state index in [0.29, 0.717) is 18.7 Å². The van der Waals surface area contributed by atoms with E-state index in [1.807, 2.05) is 0 Å². The first kappa shape index (κ1) is 15.0. The fourth-order valence-electron chi connectivity index (χ4n) is 2.51. The maximum absolute atomic E-state index is 12.2. The zero-order valence-corrected chi connectivity index (χ0v) is 11.8. The van der Waals surface area contributed by atoms with Gasteiger partial charge in [-0.25, -0.2) is 4.79 Å². The average molecular weight is 290 g/mol. The number of benzene rings is 1. The summed E-state index contributed by atoms with van der Waals surface area (Å²) in [4.78, 5) is 35.6. The van der Waals surface area contributed by atoms with Gasteiger partial charge >= 0.3 is 5.97 Å². The van der Waals surface area contributed by atoms with Gasteiger partial charge in [-0.1, -0.05) is 12.1 Å². The van der Waals surface area contributed by atoms with Crippen molar-refractivity contribution in [1.29, 1.82) is 0 Å². The molecule has 1 aromatic rings. The van der Waals surface area contributed by atoms with Gasteiger partial charge in [0.05, 0.1) is 6.42 Å². The maximum Gasteiger partial charge on any atom is 0.326 e. The first-order valence-electron chi connectivity index (χ1n) is 6.86. The number of hydrogen-bond donors (Lipinski definition) is 2. The third kappa shape index (κ3) is 3.81. The van der Waals surface area contributed by atoms with Gasteiger partial charge in [-0.15, -0.1) is 0 Å². The van der Waals surface area contributed by atoms with Crippen molar-refractivity contribution in [1.82, 2.24) is 4.90 Å². The van der Waals surface area contributed by atoms with Crippen LogP contribution in [0.1, 0.15) is 25.3 Å². The minimum Gasteiger partial charge on any atom is -0.480 e. The summed E-state index contributed by atoms with van der Waals surface area (Å²) in [7, 11) is 0. The van der Waals surface area contributed by atoms with E-state index in [1.54, 1.807) is 24.3 Å². The lowest BCUT2D eigenvalue weighted by molar-refractivity contribution is -0.148. The number of amides is 2. The molecule has 0 bridgehead atoms. The van der Waals surface area contributed by atoms with E-state index >= 15 is 0 Å². The first-order chi connectivity index (χ1) is 9.97. The molecule has 112 valence electrons. The predicted molar refractivity (Wildman–Crippen MR) is 76.8 cm³/mol. The Kier molecular flexibility index (Phi) is 4.57. The Bertz CT molecular complexity index is 553. The second kappa shape index (κ2) is 6.39. The molecule has 1 aliphatic heterocycles. The Morgan fingerprint density at radius 3 is 2.52 bits per heavy atom. The molecule has 0 radical (unpaired) electrons. The number of carboxylic acids is 1. The van der Waals surface area contributed by atoms with Gasteiger partial charge < -0.3 is 15.3 Å². The molecule has 0 aliphatic carbocycles. The summed E-state index contributed by atoms with van der Waals surface area (Å²) in [5.41, 5.74) is 1.47. The molecule has 0 saturated carbocycles. The molecule has 0 spiro atoms. The lowest BCUT2D eigenvalue weighted by atomic mass is 10.1. The summed E-state index contributed by atoms with van der Waals surface area (Å²) in [5.74, 6) is -1.27. The van der Waals surface area contributed by atoms with E-state index < -0.39 is 12.0 Å². The van der Waals surface area contributed by atoms with E-state index in [-0.39, 0.29) is 18.2 Å². The van der Waals surface area contributed by atoms with Crippen LogP contribution in [0, 0.1) is 0 Å². The lowest BCUT2D eigenvalue weighted by Crippen LogP contribution is -2.41. The molecular weight excluding hydrogens is 272 g/mol. The van der Waals surface area contributed by atoms with Gasteiger partial charge in [0.25, 0.3) is 0 Å². The highest BCUT2D eigenvalue weighted by Crippen LogP contribution is 2.19. The normalized spacial score (nSPS) is 17.6. The standard InChI is InChI=1S/C15H18N2O4/c1-10(18)16-12-6-4-11(5-7-12)9-14(19)17-8-2-3-13(17)15(20)21/h4-7,13H,2-3,8-9H2,1H3,(H,16,18)(H,20,21)/t13-/m0/s1. The van der Waals surface area contributed by atoms with Crippen LogP contribution in [0.25, 0.3) is 0 Å². The van der Waals surface area contributed by atoms with Gasteiger partial charge in [-0.05, 0) is 30.5 Å². The molecule has 1 saturated heterocycles. The van der Waals surface area contributed by atoms with Crippen molar-refractivity contribution in [2.75, 3.05) is 11.9 Å². The summed E-state index contributed by atoms with van der Waals surface area (Å²) >= 11 is 0. The zero-order valence-electron chi connectivity index (χ0n) is 11.8. The summed E-state index contributed by atoms with van der Waals surface area (Å²) in [6, 6.07) is 6.27. The number of hydrogen-bond acceptors (Lipinski definition) is 3. The zero-order chi connectivity index (χ0) is 15.4. The molecule has 0 unspecified atom stereocenters. The highest BCUT2D eigenvalue weighted by atomic mass is 16.4. The minimum atomic E-state index is -0.943. The lowest BCUT2D eigenvalue weighted by Gasteiger charge is -2.21. The topological polar surface area (TPSA) is 86.7 Å². The van der Waals surface area contributed by atoms with Crippen molar-refractivity contribution in [3.63, 3.8) is 0 Å². The molecule has 1 aliphatic rings. The van der Waals surface area contributed by atoms with Crippen LogP contribution in [-0.4, -0.2) is 40.4 Å². The fourth-order valence-corrected chi connectivity index (χ4v) is 2.51. The van der Waals surface area contributed by atoms with Crippen LogP contribution in [0.15, 0.2) is 24.3 Å². The minimum absolute atomic E-state index is 0.153. The van der Waals surface area contributed by atoms with E-state index in [0.717, 1.165) is 12.0 Å². The predicted octanol–water partition coefficient (Wildman–Crippen LogP) is 1.26. The molecule has 6 nitrogen and oxygen atoms in total. The molecule has 1 fully saturated rings. The quantitative estimate of drug-likeness (QED) is 0.874. The molecule has 2 N–H and O–H groups in total. The maximum atomic E-state index is 12.2. The average Bonchev–Trinajstić information content (AvgIpc) is 2.90. The van der Waals surface area contributed by atoms with Gasteiger partial charge in [0.1, 0.15) is 6.04 Å². The number of rotatable bonds is 4. The smallest absolute Gasteiger partial charge is 0.326 e. The van der Waals surface area contributed by atoms with Crippen LogP contribution in [0.4, 0.5) is 5.69 Å². The Balaban J connectivity index is 1.99. The SMILES string of the molecule is CC(=O)Nc1ccc(CC(=O)N2CCC[C@H]2C(=O)O)cc1. The van der Waals surface area contributed by atoms with Gasteiger partial charge in [-0.2, -0.15) is 0 Å². The Morgan fingerprint density at radius 2 is 1.95 bits per heavy atom. The van der Waals surface area contributed by atoms with E-state index in [9.17, 15) is 14.4 Å². The number of aliphatic carboxylic acids is 1. The van der Waals surface area contributed by atoms with Crippen molar-refractivity contribution in [2.45, 2.75) is 32.2 Å². The van der Waals surface area contributed by atoms with Crippen LogP contribution in [0.3, 0.4) is 0 Å². The van der Waals surface area contributed by atoms with Crippen LogP contribution in [0.5, 0.6) is 0 Å². The molecule has 1 heterocycles. The molecule has 2 rings (SSSR count). The number of anilines is 1. The van der Waals surface area contributed by atoms with Gasteiger partial charge in [0, 0.05) is 19.2 Å². The van der Waals surface area contributed by atoms with Gasteiger partial charge in [0.15, 0.2) is 0 Å². The van der Waals surface area contributed by atoms with Crippen molar-refractivity contribution in [2.24, 2.45) is 0 Å². The summed E-state index contributed by atoms with van der Waals surface area (Å²) in [6.45, 7) is 1.93. The number of likely N-dealkylation sites (tertiary alicyclic amines) is 1. The third-order valence-corrected chi connectivity index (χ3v) is 3.49. The number of carboxylic acid groups (broad SMARTS) is 1. The summed E-state index contributed by atoms with van der Waals surface area (Å²) in [5, 5.41) is 11.7. The second-order valence-corrected chi connectivity index (χ2v) is 5.14. The highest BCUT2D eigenvalue weighted by molar-refractivity contribution is 5.89. The van der Waals surface area contributed by atoms with Crippen molar-refractivity contribution in [3.8, 4) is 0 Å². The Labute approximate surface area is 122 Å². The number of carbonyl (C=O) groups is 3. The number of carbonyl (C=O) groups excluding carboxylic acids is 2. The summed E-state index contributed by atoms with van der Waals surface area (Å²) in [6.07, 6.45) is 1.41. The Morgan fingerprint density at radius 1 is 1.29 bits per heavy atom. The van der Waals surface area contributed by atoms with E-state index in [1.165, 1.54) is 11.8 Å². The molecule has 1 aromatic carbocycles. The van der Waals surface area contributed by atoms with Gasteiger partial charge in [-0.3, -0.25) is 9.59 Å². The molecule has 0 aromatic heterocycles. The largest absolute Gasteiger partial charge is 0.480 e. The molecule has 2 amide bonds.